The van der Waals surface area contributed by atoms with E-state index in [0.717, 1.165) is 25.7 Å². The number of para-hydroxylation sites is 1. The normalized spacial score (nSPS) is 25.7. The summed E-state index contributed by atoms with van der Waals surface area (Å²) in [6, 6.07) is 15.3. The van der Waals surface area contributed by atoms with Crippen molar-refractivity contribution in [1.82, 2.24) is 4.98 Å². The predicted molar refractivity (Wildman–Crippen MR) is 102 cm³/mol. The van der Waals surface area contributed by atoms with Crippen molar-refractivity contribution in [3.8, 4) is 0 Å². The maximum absolute atomic E-state index is 7.11. The van der Waals surface area contributed by atoms with Gasteiger partial charge in [0.2, 0.25) is 0 Å². The van der Waals surface area contributed by atoms with Gasteiger partial charge in [0.05, 0.1) is 5.54 Å². The van der Waals surface area contributed by atoms with Crippen LogP contribution in [0.1, 0.15) is 35.2 Å². The molecule has 3 N–H and O–H groups in total. The third-order valence-corrected chi connectivity index (χ3v) is 6.62. The summed E-state index contributed by atoms with van der Waals surface area (Å²) in [7, 11) is 0. The number of aromatic nitrogens is 1. The largest absolute Gasteiger partial charge is 0.357 e. The van der Waals surface area contributed by atoms with E-state index in [1.165, 1.54) is 44.2 Å². The Morgan fingerprint density at radius 3 is 2.83 bits per heavy atom. The van der Waals surface area contributed by atoms with E-state index in [4.69, 9.17) is 5.73 Å². The molecule has 2 aromatic carbocycles. The second-order valence-corrected chi connectivity index (χ2v) is 8.35. The zero-order valence-electron chi connectivity index (χ0n) is 13.6. The number of benzene rings is 2. The molecule has 2 nitrogen and oxygen atoms in total. The average molecular weight is 381 g/mol. The number of rotatable bonds is 1. The van der Waals surface area contributed by atoms with E-state index in [1.807, 2.05) is 0 Å². The lowest BCUT2D eigenvalue weighted by atomic mass is 9.71. The Kier molecular flexibility index (Phi) is 3.20. The number of aromatic amines is 1. The second-order valence-electron chi connectivity index (χ2n) is 7.44. The number of nitrogens with two attached hydrogens (primary N) is 1. The van der Waals surface area contributed by atoms with Crippen LogP contribution in [-0.4, -0.2) is 4.98 Å². The van der Waals surface area contributed by atoms with Crippen LogP contribution in [0.3, 0.4) is 0 Å². The molecule has 5 rings (SSSR count). The van der Waals surface area contributed by atoms with Gasteiger partial charge >= 0.3 is 0 Å². The lowest BCUT2D eigenvalue weighted by Crippen LogP contribution is -2.47. The van der Waals surface area contributed by atoms with Gasteiger partial charge in [0.15, 0.2) is 0 Å². The highest BCUT2D eigenvalue weighted by Gasteiger charge is 2.44. The smallest absolute Gasteiger partial charge is 0.0599 e. The summed E-state index contributed by atoms with van der Waals surface area (Å²) < 4.78 is 1.17. The van der Waals surface area contributed by atoms with Crippen molar-refractivity contribution < 1.29 is 0 Å². The van der Waals surface area contributed by atoms with Crippen molar-refractivity contribution in [1.29, 1.82) is 0 Å². The quantitative estimate of drug-likeness (QED) is 0.623. The summed E-state index contributed by atoms with van der Waals surface area (Å²) in [6.45, 7) is 0. The first-order valence-corrected chi connectivity index (χ1v) is 9.61. The molecule has 0 bridgehead atoms. The summed E-state index contributed by atoms with van der Waals surface area (Å²) in [5.74, 6) is 0.480. The first-order valence-electron chi connectivity index (χ1n) is 8.81. The summed E-state index contributed by atoms with van der Waals surface area (Å²) >= 11 is 3.61. The van der Waals surface area contributed by atoms with Gasteiger partial charge in [0, 0.05) is 21.1 Å². The Morgan fingerprint density at radius 2 is 1.92 bits per heavy atom. The van der Waals surface area contributed by atoms with E-state index in [2.05, 4.69) is 63.4 Å². The molecule has 0 saturated heterocycles. The zero-order chi connectivity index (χ0) is 16.3. The monoisotopic (exact) mass is 380 g/mol. The highest BCUT2D eigenvalue weighted by Crippen LogP contribution is 2.46. The van der Waals surface area contributed by atoms with Crippen molar-refractivity contribution in [2.75, 3.05) is 0 Å². The highest BCUT2D eigenvalue weighted by atomic mass is 79.9. The summed E-state index contributed by atoms with van der Waals surface area (Å²) in [6.07, 6.45) is 5.58. The number of halogens is 1. The van der Waals surface area contributed by atoms with Gasteiger partial charge in [0.25, 0.3) is 0 Å². The van der Waals surface area contributed by atoms with Crippen molar-refractivity contribution >= 4 is 26.8 Å². The van der Waals surface area contributed by atoms with Crippen LogP contribution < -0.4 is 5.73 Å². The molecule has 1 heterocycles. The SMILES string of the molecule is NC1(C2Cc3ccc(Br)cc3C2)CCCc2c1[nH]c1ccccc21. The molecule has 0 radical (unpaired) electrons. The third kappa shape index (κ3) is 2.04. The fraction of sp³-hybridized carbons (Fsp3) is 0.333. The van der Waals surface area contributed by atoms with Gasteiger partial charge in [-0.15, -0.1) is 0 Å². The van der Waals surface area contributed by atoms with E-state index in [0.29, 0.717) is 5.92 Å². The topological polar surface area (TPSA) is 41.8 Å². The molecule has 24 heavy (non-hydrogen) atoms. The Bertz CT molecular complexity index is 942. The maximum atomic E-state index is 7.11. The van der Waals surface area contributed by atoms with Gasteiger partial charge in [-0.05, 0) is 72.9 Å². The van der Waals surface area contributed by atoms with Crippen LogP contribution in [0, 0.1) is 5.92 Å². The fourth-order valence-electron chi connectivity index (χ4n) is 4.90. The Hall–Kier alpha value is -1.58. The number of nitrogens with one attached hydrogen (secondary N) is 1. The van der Waals surface area contributed by atoms with Gasteiger partial charge in [-0.1, -0.05) is 40.2 Å². The lowest BCUT2D eigenvalue weighted by molar-refractivity contribution is 0.239. The first-order chi connectivity index (χ1) is 11.6. The molecule has 2 atom stereocenters. The number of hydrogen-bond acceptors (Lipinski definition) is 1. The van der Waals surface area contributed by atoms with E-state index >= 15 is 0 Å². The molecule has 2 aliphatic rings. The molecule has 3 aromatic rings. The molecule has 0 fully saturated rings. The maximum Gasteiger partial charge on any atom is 0.0599 e. The molecule has 0 spiro atoms. The van der Waals surface area contributed by atoms with Crippen LogP contribution in [0.2, 0.25) is 0 Å². The van der Waals surface area contributed by atoms with Crippen molar-refractivity contribution in [2.45, 2.75) is 37.6 Å². The van der Waals surface area contributed by atoms with Crippen LogP contribution in [-0.2, 0) is 24.8 Å². The minimum absolute atomic E-state index is 0.238. The molecule has 122 valence electrons. The first kappa shape index (κ1) is 14.7. The molecule has 0 saturated carbocycles. The van der Waals surface area contributed by atoms with Crippen molar-refractivity contribution in [2.24, 2.45) is 11.7 Å². The minimum atomic E-state index is -0.238. The zero-order valence-corrected chi connectivity index (χ0v) is 15.2. The van der Waals surface area contributed by atoms with Gasteiger partial charge in [0.1, 0.15) is 0 Å². The van der Waals surface area contributed by atoms with Crippen molar-refractivity contribution in [3.05, 3.63) is 69.3 Å². The van der Waals surface area contributed by atoms with Crippen LogP contribution in [0.15, 0.2) is 46.9 Å². The lowest BCUT2D eigenvalue weighted by Gasteiger charge is -2.39. The molecule has 0 amide bonds. The molecular formula is C21H21BrN2. The highest BCUT2D eigenvalue weighted by molar-refractivity contribution is 9.10. The van der Waals surface area contributed by atoms with E-state index < -0.39 is 0 Å². The summed E-state index contributed by atoms with van der Waals surface area (Å²) in [5, 5.41) is 1.36. The molecule has 0 aliphatic heterocycles. The van der Waals surface area contributed by atoms with E-state index in [1.54, 1.807) is 0 Å². The standard InChI is InChI=1S/C21H21BrN2/c22-16-8-7-13-10-15(11-14(13)12-16)21(23)9-3-5-18-17-4-1-2-6-19(17)24-20(18)21/h1-2,4,6-8,12,15,24H,3,5,9-11,23H2. The number of aryl methyl sites for hydroxylation is 1. The van der Waals surface area contributed by atoms with Gasteiger partial charge in [-0.25, -0.2) is 0 Å². The number of H-pyrrole nitrogens is 1. The number of hydrogen-bond donors (Lipinski definition) is 2. The molecule has 1 aromatic heterocycles. The minimum Gasteiger partial charge on any atom is -0.357 e. The Balaban J connectivity index is 1.60. The molecule has 3 heteroatoms. The second kappa shape index (κ2) is 5.21. The van der Waals surface area contributed by atoms with Crippen LogP contribution in [0.4, 0.5) is 0 Å². The van der Waals surface area contributed by atoms with Crippen LogP contribution >= 0.6 is 15.9 Å². The van der Waals surface area contributed by atoms with Gasteiger partial charge in [-0.2, -0.15) is 0 Å². The van der Waals surface area contributed by atoms with Crippen LogP contribution in [0.25, 0.3) is 10.9 Å². The average Bonchev–Trinajstić information content (AvgIpc) is 3.17. The van der Waals surface area contributed by atoms with Crippen molar-refractivity contribution in [3.63, 3.8) is 0 Å². The molecular weight excluding hydrogens is 360 g/mol. The summed E-state index contributed by atoms with van der Waals surface area (Å²) in [5.41, 5.74) is 13.8. The number of fused-ring (bicyclic) bond motifs is 4. The van der Waals surface area contributed by atoms with E-state index in [9.17, 15) is 0 Å². The Labute approximate surface area is 150 Å². The molecule has 2 aliphatic carbocycles. The molecule has 2 unspecified atom stereocenters. The van der Waals surface area contributed by atoms with Crippen LogP contribution in [0.5, 0.6) is 0 Å². The summed E-state index contributed by atoms with van der Waals surface area (Å²) in [4.78, 5) is 3.69. The Morgan fingerprint density at radius 1 is 1.08 bits per heavy atom. The van der Waals surface area contributed by atoms with Gasteiger partial charge in [-0.3, -0.25) is 0 Å². The third-order valence-electron chi connectivity index (χ3n) is 6.13. The van der Waals surface area contributed by atoms with Gasteiger partial charge < -0.3 is 10.7 Å². The predicted octanol–water partition coefficient (Wildman–Crippen LogP) is 4.84. The fourth-order valence-corrected chi connectivity index (χ4v) is 5.31. The van der Waals surface area contributed by atoms with E-state index in [-0.39, 0.29) is 5.54 Å².